The van der Waals surface area contributed by atoms with Crippen molar-refractivity contribution < 1.29 is 14.3 Å². The van der Waals surface area contributed by atoms with E-state index in [9.17, 15) is 9.59 Å². The minimum Gasteiger partial charge on any atom is -0.465 e. The highest BCUT2D eigenvalue weighted by Crippen LogP contribution is 2.39. The van der Waals surface area contributed by atoms with Crippen molar-refractivity contribution in [3.8, 4) is 0 Å². The van der Waals surface area contributed by atoms with Gasteiger partial charge < -0.3 is 9.64 Å². The van der Waals surface area contributed by atoms with Crippen molar-refractivity contribution in [2.24, 2.45) is 0 Å². The molecule has 1 rings (SSSR count). The second kappa shape index (κ2) is 6.45. The quantitative estimate of drug-likeness (QED) is 0.719. The Balaban J connectivity index is 2.72. The third-order valence-electron chi connectivity index (χ3n) is 3.16. The van der Waals surface area contributed by atoms with Crippen LogP contribution >= 0.6 is 11.8 Å². The highest BCUT2D eigenvalue weighted by Gasteiger charge is 2.41. The van der Waals surface area contributed by atoms with Gasteiger partial charge in [0.2, 0.25) is 5.91 Å². The van der Waals surface area contributed by atoms with Gasteiger partial charge in [0.1, 0.15) is 6.54 Å². The first-order chi connectivity index (χ1) is 8.40. The topological polar surface area (TPSA) is 46.6 Å². The average molecular weight is 273 g/mol. The smallest absolute Gasteiger partial charge is 0.325 e. The van der Waals surface area contributed by atoms with E-state index in [4.69, 9.17) is 4.74 Å². The van der Waals surface area contributed by atoms with E-state index in [2.05, 4.69) is 0 Å². The van der Waals surface area contributed by atoms with Gasteiger partial charge in [-0.1, -0.05) is 0 Å². The van der Waals surface area contributed by atoms with Crippen molar-refractivity contribution in [3.05, 3.63) is 0 Å². The normalized spacial score (nSPS) is 23.2. The monoisotopic (exact) mass is 273 g/mol. The lowest BCUT2D eigenvalue weighted by molar-refractivity contribution is -0.150. The van der Waals surface area contributed by atoms with Crippen molar-refractivity contribution >= 4 is 23.6 Å². The highest BCUT2D eigenvalue weighted by atomic mass is 32.2. The first-order valence-electron chi connectivity index (χ1n) is 6.51. The lowest BCUT2D eigenvalue weighted by Gasteiger charge is -2.33. The van der Waals surface area contributed by atoms with E-state index in [1.54, 1.807) is 23.6 Å². The fraction of sp³-hybridized carbons (Fsp3) is 0.846. The second-order valence-electron chi connectivity index (χ2n) is 5.01. The SMILES string of the molecule is CCOC(=O)CN(C(=O)C1(C)CCCS1)C(C)C. The third kappa shape index (κ3) is 3.64. The Morgan fingerprint density at radius 1 is 1.44 bits per heavy atom. The summed E-state index contributed by atoms with van der Waals surface area (Å²) in [6.45, 7) is 8.02. The molecule has 0 bridgehead atoms. The molecule has 104 valence electrons. The largest absolute Gasteiger partial charge is 0.465 e. The van der Waals surface area contributed by atoms with Crippen LogP contribution < -0.4 is 0 Å². The Labute approximate surface area is 113 Å². The van der Waals surface area contributed by atoms with Crippen LogP contribution in [-0.2, 0) is 14.3 Å². The summed E-state index contributed by atoms with van der Waals surface area (Å²) in [6.07, 6.45) is 1.96. The van der Waals surface area contributed by atoms with Crippen LogP contribution in [-0.4, -0.2) is 46.5 Å². The Morgan fingerprint density at radius 3 is 2.56 bits per heavy atom. The Morgan fingerprint density at radius 2 is 2.11 bits per heavy atom. The van der Waals surface area contributed by atoms with Gasteiger partial charge in [0.15, 0.2) is 0 Å². The molecule has 0 saturated carbocycles. The molecule has 1 heterocycles. The van der Waals surface area contributed by atoms with Gasteiger partial charge in [-0.25, -0.2) is 0 Å². The molecule has 0 spiro atoms. The summed E-state index contributed by atoms with van der Waals surface area (Å²) in [5.41, 5.74) is 0. The van der Waals surface area contributed by atoms with Crippen LogP contribution in [0.1, 0.15) is 40.5 Å². The van der Waals surface area contributed by atoms with E-state index in [-0.39, 0.29) is 29.2 Å². The number of hydrogen-bond donors (Lipinski definition) is 0. The lowest BCUT2D eigenvalue weighted by atomic mass is 10.0. The van der Waals surface area contributed by atoms with Crippen molar-refractivity contribution in [2.45, 2.75) is 51.3 Å². The van der Waals surface area contributed by atoms with E-state index in [0.717, 1.165) is 18.6 Å². The summed E-state index contributed by atoms with van der Waals surface area (Å²) in [5, 5.41) is 0. The molecule has 5 heteroatoms. The molecule has 1 amide bonds. The minimum absolute atomic E-state index is 0.0138. The molecular formula is C13H23NO3S. The molecule has 1 aliphatic heterocycles. The zero-order valence-corrected chi connectivity index (χ0v) is 12.5. The molecule has 1 saturated heterocycles. The van der Waals surface area contributed by atoms with Gasteiger partial charge in [-0.3, -0.25) is 9.59 Å². The highest BCUT2D eigenvalue weighted by molar-refractivity contribution is 8.01. The van der Waals surface area contributed by atoms with Gasteiger partial charge in [-0.05, 0) is 46.3 Å². The number of rotatable bonds is 5. The summed E-state index contributed by atoms with van der Waals surface area (Å²) in [5.74, 6) is 0.757. The summed E-state index contributed by atoms with van der Waals surface area (Å²) in [6, 6.07) is 0.0138. The molecule has 0 N–H and O–H groups in total. The van der Waals surface area contributed by atoms with Crippen molar-refractivity contribution in [1.29, 1.82) is 0 Å². The van der Waals surface area contributed by atoms with Crippen molar-refractivity contribution in [2.75, 3.05) is 18.9 Å². The van der Waals surface area contributed by atoms with Gasteiger partial charge in [-0.2, -0.15) is 0 Å². The maximum atomic E-state index is 12.5. The van der Waals surface area contributed by atoms with Gasteiger partial charge in [0.25, 0.3) is 0 Å². The Kier molecular flexibility index (Phi) is 5.50. The minimum atomic E-state index is -0.364. The third-order valence-corrected chi connectivity index (χ3v) is 4.67. The lowest BCUT2D eigenvalue weighted by Crippen LogP contribution is -2.49. The molecule has 0 aromatic rings. The Hall–Kier alpha value is -0.710. The molecular weight excluding hydrogens is 250 g/mol. The van der Waals surface area contributed by atoms with Crippen molar-refractivity contribution in [1.82, 2.24) is 4.90 Å². The number of thioether (sulfide) groups is 1. The fourth-order valence-electron chi connectivity index (χ4n) is 2.09. The number of amides is 1. The van der Waals surface area contributed by atoms with Gasteiger partial charge in [0, 0.05) is 6.04 Å². The number of carbonyl (C=O) groups excluding carboxylic acids is 2. The van der Waals surface area contributed by atoms with Crippen molar-refractivity contribution in [3.63, 3.8) is 0 Å². The first-order valence-corrected chi connectivity index (χ1v) is 7.50. The molecule has 0 aromatic heterocycles. The number of esters is 1. The number of hydrogen-bond acceptors (Lipinski definition) is 4. The Bertz CT molecular complexity index is 311. The van der Waals surface area contributed by atoms with E-state index in [1.807, 2.05) is 20.8 Å². The van der Waals surface area contributed by atoms with Crippen LogP contribution in [0, 0.1) is 0 Å². The zero-order valence-electron chi connectivity index (χ0n) is 11.7. The predicted molar refractivity (Wildman–Crippen MR) is 73.6 cm³/mol. The molecule has 0 aromatic carbocycles. The summed E-state index contributed by atoms with van der Waals surface area (Å²) < 4.78 is 4.56. The predicted octanol–water partition coefficient (Wildman–Crippen LogP) is 2.07. The second-order valence-corrected chi connectivity index (χ2v) is 6.61. The molecule has 0 aliphatic carbocycles. The van der Waals surface area contributed by atoms with Gasteiger partial charge in [-0.15, -0.1) is 11.8 Å². The molecule has 1 fully saturated rings. The van der Waals surface area contributed by atoms with E-state index in [1.165, 1.54) is 0 Å². The standard InChI is InChI=1S/C13H23NO3S/c1-5-17-11(15)9-14(10(2)3)12(16)13(4)7-6-8-18-13/h10H,5-9H2,1-4H3. The van der Waals surface area contributed by atoms with Crippen LogP contribution in [0.25, 0.3) is 0 Å². The number of carbonyl (C=O) groups is 2. The maximum absolute atomic E-state index is 12.5. The molecule has 18 heavy (non-hydrogen) atoms. The zero-order chi connectivity index (χ0) is 13.8. The van der Waals surface area contributed by atoms with E-state index < -0.39 is 0 Å². The van der Waals surface area contributed by atoms with Crippen LogP contribution in [0.15, 0.2) is 0 Å². The summed E-state index contributed by atoms with van der Waals surface area (Å²) >= 11 is 1.70. The van der Waals surface area contributed by atoms with Gasteiger partial charge in [0.05, 0.1) is 11.4 Å². The molecule has 1 aliphatic rings. The first kappa shape index (κ1) is 15.3. The molecule has 4 nitrogen and oxygen atoms in total. The van der Waals surface area contributed by atoms with Gasteiger partial charge >= 0.3 is 5.97 Å². The summed E-state index contributed by atoms with van der Waals surface area (Å²) in [4.78, 5) is 25.7. The van der Waals surface area contributed by atoms with Crippen LogP contribution in [0.3, 0.4) is 0 Å². The summed E-state index contributed by atoms with van der Waals surface area (Å²) in [7, 11) is 0. The van der Waals surface area contributed by atoms with Crippen LogP contribution in [0.2, 0.25) is 0 Å². The fourth-order valence-corrected chi connectivity index (χ4v) is 3.35. The maximum Gasteiger partial charge on any atom is 0.325 e. The molecule has 0 radical (unpaired) electrons. The molecule has 1 unspecified atom stereocenters. The average Bonchev–Trinajstić information content (AvgIpc) is 2.73. The van der Waals surface area contributed by atoms with E-state index >= 15 is 0 Å². The van der Waals surface area contributed by atoms with E-state index in [0.29, 0.717) is 6.61 Å². The molecule has 1 atom stereocenters. The van der Waals surface area contributed by atoms with Crippen LogP contribution in [0.5, 0.6) is 0 Å². The van der Waals surface area contributed by atoms with Crippen LogP contribution in [0.4, 0.5) is 0 Å². The number of ether oxygens (including phenoxy) is 1. The number of nitrogens with zero attached hydrogens (tertiary/aromatic N) is 1.